The molecule has 0 spiro atoms. The van der Waals surface area contributed by atoms with E-state index < -0.39 is 12.6 Å². The second kappa shape index (κ2) is 5.55. The average molecular weight is 249 g/mol. The minimum atomic E-state index is -4.18. The number of rotatable bonds is 5. The van der Waals surface area contributed by atoms with E-state index in [2.05, 4.69) is 20.6 Å². The average Bonchev–Trinajstić information content (AvgIpc) is 2.15. The van der Waals surface area contributed by atoms with Crippen LogP contribution in [0.5, 0.6) is 0 Å². The number of aromatic nitrogens is 2. The van der Waals surface area contributed by atoms with Gasteiger partial charge >= 0.3 is 6.18 Å². The fraction of sp³-hybridized carbons (Fsp3) is 0.556. The third kappa shape index (κ3) is 5.23. The van der Waals surface area contributed by atoms with Crippen LogP contribution in [0.2, 0.25) is 0 Å². The van der Waals surface area contributed by atoms with Crippen molar-refractivity contribution < 1.29 is 13.2 Å². The van der Waals surface area contributed by atoms with E-state index in [0.29, 0.717) is 12.4 Å². The molecule has 5 nitrogen and oxygen atoms in total. The molecule has 0 radical (unpaired) electrons. The highest BCUT2D eigenvalue weighted by Gasteiger charge is 2.26. The minimum absolute atomic E-state index is 0.0120. The zero-order chi connectivity index (χ0) is 12.9. The fourth-order valence-corrected chi connectivity index (χ4v) is 1.16. The van der Waals surface area contributed by atoms with Crippen LogP contribution < -0.4 is 16.4 Å². The van der Waals surface area contributed by atoms with E-state index in [9.17, 15) is 13.2 Å². The first-order valence-corrected chi connectivity index (χ1v) is 5.10. The van der Waals surface area contributed by atoms with Crippen LogP contribution in [0.1, 0.15) is 13.3 Å². The molecule has 0 atom stereocenters. The molecule has 0 aliphatic carbocycles. The molecule has 96 valence electrons. The molecular weight excluding hydrogens is 235 g/mol. The van der Waals surface area contributed by atoms with Gasteiger partial charge in [0, 0.05) is 19.2 Å². The number of nitrogens with two attached hydrogens (primary N) is 1. The molecule has 1 heterocycles. The van der Waals surface area contributed by atoms with Crippen molar-refractivity contribution in [3.05, 3.63) is 6.07 Å². The van der Waals surface area contributed by atoms with Crippen molar-refractivity contribution in [2.45, 2.75) is 19.5 Å². The zero-order valence-electron chi connectivity index (χ0n) is 9.30. The number of halogens is 3. The first-order valence-electron chi connectivity index (χ1n) is 5.10. The number of nitrogens with zero attached hydrogens (tertiary/aromatic N) is 2. The van der Waals surface area contributed by atoms with Crippen molar-refractivity contribution in [1.82, 2.24) is 9.97 Å². The van der Waals surface area contributed by atoms with Gasteiger partial charge in [0.1, 0.15) is 11.6 Å². The molecule has 1 aromatic rings. The molecule has 0 amide bonds. The summed E-state index contributed by atoms with van der Waals surface area (Å²) in [4.78, 5) is 7.66. The van der Waals surface area contributed by atoms with Crippen molar-refractivity contribution in [2.75, 3.05) is 29.5 Å². The molecule has 1 rings (SSSR count). The predicted molar refractivity (Wildman–Crippen MR) is 59.8 cm³/mol. The number of nitrogens with one attached hydrogen (secondary N) is 2. The Kier molecular flexibility index (Phi) is 4.36. The summed E-state index contributed by atoms with van der Waals surface area (Å²) in [7, 11) is 0. The van der Waals surface area contributed by atoms with E-state index in [1.165, 1.54) is 6.07 Å². The second-order valence-corrected chi connectivity index (χ2v) is 3.32. The van der Waals surface area contributed by atoms with Crippen molar-refractivity contribution in [3.8, 4) is 0 Å². The lowest BCUT2D eigenvalue weighted by atomic mass is 10.4. The highest BCUT2D eigenvalue weighted by molar-refractivity contribution is 5.50. The van der Waals surface area contributed by atoms with Gasteiger partial charge in [0.2, 0.25) is 5.95 Å². The van der Waals surface area contributed by atoms with Crippen LogP contribution in [0, 0.1) is 0 Å². The van der Waals surface area contributed by atoms with Gasteiger partial charge < -0.3 is 16.4 Å². The number of hydrogen-bond donors (Lipinski definition) is 3. The van der Waals surface area contributed by atoms with E-state index >= 15 is 0 Å². The summed E-state index contributed by atoms with van der Waals surface area (Å²) >= 11 is 0. The van der Waals surface area contributed by atoms with E-state index in [0.717, 1.165) is 0 Å². The zero-order valence-corrected chi connectivity index (χ0v) is 9.30. The molecule has 0 saturated carbocycles. The molecule has 0 aliphatic rings. The minimum Gasteiger partial charge on any atom is -0.370 e. The maximum absolute atomic E-state index is 11.9. The molecule has 0 aliphatic heterocycles. The Morgan fingerprint density at radius 1 is 1.24 bits per heavy atom. The third-order valence-corrected chi connectivity index (χ3v) is 1.82. The van der Waals surface area contributed by atoms with Gasteiger partial charge in [0.25, 0.3) is 0 Å². The second-order valence-electron chi connectivity index (χ2n) is 3.32. The normalized spacial score (nSPS) is 11.3. The summed E-state index contributed by atoms with van der Waals surface area (Å²) in [6.07, 6.45) is -5.11. The van der Waals surface area contributed by atoms with Crippen LogP contribution in [0.4, 0.5) is 30.8 Å². The van der Waals surface area contributed by atoms with E-state index in [1.54, 1.807) is 0 Å². The topological polar surface area (TPSA) is 75.9 Å². The molecule has 4 N–H and O–H groups in total. The van der Waals surface area contributed by atoms with Gasteiger partial charge in [0.05, 0.1) is 6.42 Å². The molecule has 0 aromatic carbocycles. The SMILES string of the molecule is CCNc1cc(NCCC(F)(F)F)nc(N)n1. The first-order chi connectivity index (χ1) is 7.90. The molecule has 17 heavy (non-hydrogen) atoms. The van der Waals surface area contributed by atoms with Crippen LogP contribution in [0.15, 0.2) is 6.07 Å². The third-order valence-electron chi connectivity index (χ3n) is 1.82. The number of nitrogen functional groups attached to an aromatic ring is 1. The Bertz CT molecular complexity index is 366. The molecule has 0 bridgehead atoms. The number of alkyl halides is 3. The first kappa shape index (κ1) is 13.3. The molecule has 0 fully saturated rings. The number of hydrogen-bond acceptors (Lipinski definition) is 5. The standard InChI is InChI=1S/C9H14F3N5/c1-2-14-6-5-7(17-8(13)16-6)15-4-3-9(10,11)12/h5H,2-4H2,1H3,(H4,13,14,15,16,17). The van der Waals surface area contributed by atoms with Crippen LogP contribution in [0.3, 0.4) is 0 Å². The molecule has 0 unspecified atom stereocenters. The van der Waals surface area contributed by atoms with Gasteiger partial charge in [-0.25, -0.2) is 0 Å². The Labute approximate surface area is 96.6 Å². The smallest absolute Gasteiger partial charge is 0.370 e. The van der Waals surface area contributed by atoms with Gasteiger partial charge in [0.15, 0.2) is 0 Å². The van der Waals surface area contributed by atoms with Crippen molar-refractivity contribution in [3.63, 3.8) is 0 Å². The Morgan fingerprint density at radius 3 is 2.35 bits per heavy atom. The molecule has 8 heteroatoms. The van der Waals surface area contributed by atoms with E-state index in [1.807, 2.05) is 6.92 Å². The van der Waals surface area contributed by atoms with E-state index in [4.69, 9.17) is 5.73 Å². The molecular formula is C9H14F3N5. The molecule has 0 saturated heterocycles. The maximum Gasteiger partial charge on any atom is 0.390 e. The quantitative estimate of drug-likeness (QED) is 0.742. The van der Waals surface area contributed by atoms with Crippen molar-refractivity contribution >= 4 is 17.6 Å². The van der Waals surface area contributed by atoms with Crippen LogP contribution in [-0.4, -0.2) is 29.2 Å². The van der Waals surface area contributed by atoms with Crippen LogP contribution >= 0.6 is 0 Å². The Hall–Kier alpha value is -1.73. The predicted octanol–water partition coefficient (Wildman–Crippen LogP) is 1.85. The van der Waals surface area contributed by atoms with Crippen LogP contribution in [-0.2, 0) is 0 Å². The fourth-order valence-electron chi connectivity index (χ4n) is 1.16. The summed E-state index contributed by atoms with van der Waals surface area (Å²) in [5.41, 5.74) is 5.42. The Morgan fingerprint density at radius 2 is 1.82 bits per heavy atom. The Balaban J connectivity index is 2.58. The summed E-state index contributed by atoms with van der Waals surface area (Å²) in [6.45, 7) is 2.26. The van der Waals surface area contributed by atoms with Crippen molar-refractivity contribution in [2.24, 2.45) is 0 Å². The highest BCUT2D eigenvalue weighted by atomic mass is 19.4. The summed E-state index contributed by atoms with van der Waals surface area (Å²) in [5.74, 6) is 0.769. The van der Waals surface area contributed by atoms with Gasteiger partial charge in [-0.2, -0.15) is 23.1 Å². The lowest BCUT2D eigenvalue weighted by Gasteiger charge is -2.10. The van der Waals surface area contributed by atoms with Gasteiger partial charge in [-0.15, -0.1) is 0 Å². The van der Waals surface area contributed by atoms with Crippen LogP contribution in [0.25, 0.3) is 0 Å². The summed E-state index contributed by atoms with van der Waals surface area (Å²) < 4.78 is 35.8. The number of anilines is 3. The largest absolute Gasteiger partial charge is 0.390 e. The summed E-state index contributed by atoms with van der Waals surface area (Å²) in [5, 5.41) is 5.45. The van der Waals surface area contributed by atoms with E-state index in [-0.39, 0.29) is 18.3 Å². The highest BCUT2D eigenvalue weighted by Crippen LogP contribution is 2.19. The lowest BCUT2D eigenvalue weighted by Crippen LogP contribution is -2.15. The van der Waals surface area contributed by atoms with Gasteiger partial charge in [-0.3, -0.25) is 0 Å². The molecule has 1 aromatic heterocycles. The monoisotopic (exact) mass is 249 g/mol. The maximum atomic E-state index is 11.9. The van der Waals surface area contributed by atoms with Gasteiger partial charge in [-0.05, 0) is 6.92 Å². The van der Waals surface area contributed by atoms with Gasteiger partial charge in [-0.1, -0.05) is 0 Å². The summed E-state index contributed by atoms with van der Waals surface area (Å²) in [6, 6.07) is 1.51. The van der Waals surface area contributed by atoms with Crippen molar-refractivity contribution in [1.29, 1.82) is 0 Å². The lowest BCUT2D eigenvalue weighted by molar-refractivity contribution is -0.131.